The van der Waals surface area contributed by atoms with Crippen molar-refractivity contribution in [1.82, 2.24) is 5.32 Å². The Morgan fingerprint density at radius 1 is 1.42 bits per heavy atom. The number of nitrogens with one attached hydrogen (secondary N) is 1. The predicted molar refractivity (Wildman–Crippen MR) is 50.1 cm³/mol. The summed E-state index contributed by atoms with van der Waals surface area (Å²) < 4.78 is 5.28. The van der Waals surface area contributed by atoms with Crippen LogP contribution in [-0.4, -0.2) is 32.8 Å². The second kappa shape index (κ2) is 6.40. The van der Waals surface area contributed by atoms with E-state index < -0.39 is 0 Å². The molecule has 0 aliphatic carbocycles. The Morgan fingerprint density at radius 3 is 3.00 bits per heavy atom. The molecule has 0 saturated carbocycles. The molecule has 0 aromatic carbocycles. The lowest BCUT2D eigenvalue weighted by Gasteiger charge is -2.08. The Kier molecular flexibility index (Phi) is 5.32. The Balaban J connectivity index is 1.81. The molecule has 3 heteroatoms. The topological polar surface area (TPSA) is 47.3 Å². The van der Waals surface area contributed by atoms with Crippen molar-refractivity contribution in [3.8, 4) is 0 Å². The van der Waals surface area contributed by atoms with Crippen molar-refractivity contribution in [3.63, 3.8) is 0 Å². The van der Waals surface area contributed by atoms with Crippen molar-refractivity contribution >= 4 is 0 Å². The average molecular weight is 172 g/mol. The maximum atomic E-state index is 5.39. The molecule has 0 aromatic rings. The van der Waals surface area contributed by atoms with Gasteiger partial charge in [-0.2, -0.15) is 0 Å². The quantitative estimate of drug-likeness (QED) is 0.568. The van der Waals surface area contributed by atoms with Gasteiger partial charge in [-0.25, -0.2) is 0 Å². The van der Waals surface area contributed by atoms with Crippen LogP contribution in [-0.2, 0) is 4.74 Å². The lowest BCUT2D eigenvalue weighted by Crippen LogP contribution is -2.24. The van der Waals surface area contributed by atoms with Crippen LogP contribution in [0.4, 0.5) is 0 Å². The summed E-state index contributed by atoms with van der Waals surface area (Å²) >= 11 is 0. The van der Waals surface area contributed by atoms with Crippen molar-refractivity contribution in [3.05, 3.63) is 0 Å². The van der Waals surface area contributed by atoms with Crippen molar-refractivity contribution in [2.45, 2.75) is 19.3 Å². The summed E-state index contributed by atoms with van der Waals surface area (Å²) in [6.45, 7) is 4.94. The molecule has 1 atom stereocenters. The molecule has 1 heterocycles. The Hall–Kier alpha value is -0.120. The van der Waals surface area contributed by atoms with E-state index in [9.17, 15) is 0 Å². The summed E-state index contributed by atoms with van der Waals surface area (Å²) in [5, 5.41) is 3.43. The van der Waals surface area contributed by atoms with Crippen molar-refractivity contribution < 1.29 is 4.74 Å². The van der Waals surface area contributed by atoms with E-state index in [0.717, 1.165) is 45.2 Å². The van der Waals surface area contributed by atoms with Gasteiger partial charge in [0.25, 0.3) is 0 Å². The fourth-order valence-corrected chi connectivity index (χ4v) is 1.44. The smallest absolute Gasteiger partial charge is 0.0507 e. The zero-order valence-electron chi connectivity index (χ0n) is 7.72. The van der Waals surface area contributed by atoms with Gasteiger partial charge < -0.3 is 15.8 Å². The van der Waals surface area contributed by atoms with E-state index in [-0.39, 0.29) is 0 Å². The molecule has 0 amide bonds. The number of ether oxygens (including phenoxy) is 1. The van der Waals surface area contributed by atoms with Gasteiger partial charge in [0.2, 0.25) is 0 Å². The van der Waals surface area contributed by atoms with Crippen LogP contribution in [0.15, 0.2) is 0 Å². The van der Waals surface area contributed by atoms with Crippen LogP contribution in [0.25, 0.3) is 0 Å². The molecule has 0 spiro atoms. The molecular formula is C9H20N2O. The standard InChI is InChI=1S/C9H20N2O/c10-4-1-2-5-11-7-9-3-6-12-8-9/h9,11H,1-8,10H2. The summed E-state index contributed by atoms with van der Waals surface area (Å²) in [6.07, 6.45) is 3.56. The first-order valence-corrected chi connectivity index (χ1v) is 4.92. The van der Waals surface area contributed by atoms with Crippen LogP contribution in [0.1, 0.15) is 19.3 Å². The van der Waals surface area contributed by atoms with Crippen LogP contribution in [0.2, 0.25) is 0 Å². The van der Waals surface area contributed by atoms with Crippen LogP contribution in [0.3, 0.4) is 0 Å². The second-order valence-corrected chi connectivity index (χ2v) is 3.43. The molecule has 1 saturated heterocycles. The van der Waals surface area contributed by atoms with Crippen molar-refractivity contribution in [1.29, 1.82) is 0 Å². The molecule has 72 valence electrons. The SMILES string of the molecule is NCCCCNCC1CCOC1. The van der Waals surface area contributed by atoms with Crippen molar-refractivity contribution in [2.75, 3.05) is 32.8 Å². The Labute approximate surface area is 74.7 Å². The van der Waals surface area contributed by atoms with Gasteiger partial charge in [-0.3, -0.25) is 0 Å². The predicted octanol–water partition coefficient (Wildman–Crippen LogP) is 0.351. The van der Waals surface area contributed by atoms with Gasteiger partial charge in [-0.15, -0.1) is 0 Å². The fourth-order valence-electron chi connectivity index (χ4n) is 1.44. The highest BCUT2D eigenvalue weighted by Crippen LogP contribution is 2.10. The fraction of sp³-hybridized carbons (Fsp3) is 1.00. The van der Waals surface area contributed by atoms with Gasteiger partial charge in [-0.05, 0) is 38.3 Å². The monoisotopic (exact) mass is 172 g/mol. The summed E-state index contributed by atoms with van der Waals surface area (Å²) in [5.41, 5.74) is 5.39. The van der Waals surface area contributed by atoms with E-state index in [0.29, 0.717) is 0 Å². The van der Waals surface area contributed by atoms with E-state index in [1.165, 1.54) is 12.8 Å². The summed E-state index contributed by atoms with van der Waals surface area (Å²) in [6, 6.07) is 0. The minimum absolute atomic E-state index is 0.753. The zero-order valence-corrected chi connectivity index (χ0v) is 7.72. The molecule has 0 radical (unpaired) electrons. The largest absolute Gasteiger partial charge is 0.381 e. The van der Waals surface area contributed by atoms with E-state index >= 15 is 0 Å². The average Bonchev–Trinajstić information content (AvgIpc) is 2.57. The summed E-state index contributed by atoms with van der Waals surface area (Å²) in [5.74, 6) is 0.753. The number of rotatable bonds is 6. The molecule has 1 rings (SSSR count). The maximum absolute atomic E-state index is 5.39. The summed E-state index contributed by atoms with van der Waals surface area (Å²) in [7, 11) is 0. The third kappa shape index (κ3) is 4.04. The summed E-state index contributed by atoms with van der Waals surface area (Å²) in [4.78, 5) is 0. The molecule has 12 heavy (non-hydrogen) atoms. The lowest BCUT2D eigenvalue weighted by molar-refractivity contribution is 0.185. The second-order valence-electron chi connectivity index (χ2n) is 3.43. The molecule has 0 bridgehead atoms. The van der Waals surface area contributed by atoms with Gasteiger partial charge in [0, 0.05) is 13.2 Å². The lowest BCUT2D eigenvalue weighted by atomic mass is 10.1. The first-order valence-electron chi connectivity index (χ1n) is 4.92. The molecule has 1 fully saturated rings. The van der Waals surface area contributed by atoms with Gasteiger partial charge in [0.1, 0.15) is 0 Å². The van der Waals surface area contributed by atoms with Crippen molar-refractivity contribution in [2.24, 2.45) is 11.7 Å². The van der Waals surface area contributed by atoms with Crippen LogP contribution >= 0.6 is 0 Å². The molecule has 3 N–H and O–H groups in total. The maximum Gasteiger partial charge on any atom is 0.0507 e. The molecular weight excluding hydrogens is 152 g/mol. The van der Waals surface area contributed by atoms with Gasteiger partial charge in [-0.1, -0.05) is 0 Å². The Bertz CT molecular complexity index is 103. The highest BCUT2D eigenvalue weighted by molar-refractivity contribution is 4.66. The molecule has 0 aromatic heterocycles. The van der Waals surface area contributed by atoms with Gasteiger partial charge in [0.15, 0.2) is 0 Å². The van der Waals surface area contributed by atoms with E-state index in [2.05, 4.69) is 5.32 Å². The van der Waals surface area contributed by atoms with Crippen LogP contribution in [0.5, 0.6) is 0 Å². The highest BCUT2D eigenvalue weighted by atomic mass is 16.5. The van der Waals surface area contributed by atoms with E-state index in [1.807, 2.05) is 0 Å². The molecule has 3 nitrogen and oxygen atoms in total. The van der Waals surface area contributed by atoms with E-state index in [4.69, 9.17) is 10.5 Å². The minimum Gasteiger partial charge on any atom is -0.381 e. The molecule has 1 aliphatic rings. The molecule has 1 unspecified atom stereocenters. The Morgan fingerprint density at radius 2 is 2.33 bits per heavy atom. The van der Waals surface area contributed by atoms with Gasteiger partial charge >= 0.3 is 0 Å². The third-order valence-electron chi connectivity index (χ3n) is 2.26. The number of unbranched alkanes of at least 4 members (excludes halogenated alkanes) is 1. The number of hydrogen-bond acceptors (Lipinski definition) is 3. The van der Waals surface area contributed by atoms with Crippen LogP contribution < -0.4 is 11.1 Å². The first kappa shape index (κ1) is 9.96. The molecule has 1 aliphatic heterocycles. The highest BCUT2D eigenvalue weighted by Gasteiger charge is 2.14. The third-order valence-corrected chi connectivity index (χ3v) is 2.26. The van der Waals surface area contributed by atoms with Crippen LogP contribution in [0, 0.1) is 5.92 Å². The minimum atomic E-state index is 0.753. The normalized spacial score (nSPS) is 23.2. The number of nitrogens with two attached hydrogens (primary N) is 1. The first-order chi connectivity index (χ1) is 5.93. The number of hydrogen-bond donors (Lipinski definition) is 2. The van der Waals surface area contributed by atoms with E-state index in [1.54, 1.807) is 0 Å². The zero-order chi connectivity index (χ0) is 8.65. The van der Waals surface area contributed by atoms with Gasteiger partial charge in [0.05, 0.1) is 6.61 Å².